The van der Waals surface area contributed by atoms with Crippen LogP contribution in [0, 0.1) is 25.2 Å². The van der Waals surface area contributed by atoms with Gasteiger partial charge in [-0.25, -0.2) is 4.98 Å². The lowest BCUT2D eigenvalue weighted by Gasteiger charge is -2.28. The lowest BCUT2D eigenvalue weighted by Crippen LogP contribution is -2.29. The quantitative estimate of drug-likeness (QED) is 0.508. The summed E-state index contributed by atoms with van der Waals surface area (Å²) in [5.41, 5.74) is 5.36. The van der Waals surface area contributed by atoms with Gasteiger partial charge >= 0.3 is 0 Å². The highest BCUT2D eigenvalue weighted by atomic mass is 15.1. The van der Waals surface area contributed by atoms with Gasteiger partial charge in [0.05, 0.1) is 11.9 Å². The zero-order valence-corrected chi connectivity index (χ0v) is 20.6. The van der Waals surface area contributed by atoms with E-state index < -0.39 is 0 Å². The van der Waals surface area contributed by atoms with Crippen molar-refractivity contribution in [2.45, 2.75) is 73.6 Å². The van der Waals surface area contributed by atoms with Crippen molar-refractivity contribution >= 4 is 11.4 Å². The molecule has 1 aliphatic rings. The number of piperidine rings is 1. The van der Waals surface area contributed by atoms with Gasteiger partial charge in [-0.05, 0) is 69.7 Å². The zero-order valence-electron chi connectivity index (χ0n) is 20.6. The molecular weight excluding hydrogens is 380 g/mol. The van der Waals surface area contributed by atoms with Crippen LogP contribution in [0.15, 0.2) is 36.5 Å². The highest BCUT2D eigenvalue weighted by molar-refractivity contribution is 5.49. The molecule has 1 aromatic heterocycles. The predicted molar refractivity (Wildman–Crippen MR) is 135 cm³/mol. The molecule has 0 atom stereocenters. The van der Waals surface area contributed by atoms with E-state index in [-0.39, 0.29) is 0 Å². The summed E-state index contributed by atoms with van der Waals surface area (Å²) < 4.78 is 0. The Bertz CT molecular complexity index is 765. The van der Waals surface area contributed by atoms with Crippen molar-refractivity contribution in [2.24, 2.45) is 0 Å². The summed E-state index contributed by atoms with van der Waals surface area (Å²) in [4.78, 5) is 8.98. The lowest BCUT2D eigenvalue weighted by atomic mass is 10.1. The molecule has 2 heterocycles. The summed E-state index contributed by atoms with van der Waals surface area (Å²) in [5.74, 6) is 0. The fourth-order valence-electron chi connectivity index (χ4n) is 3.67. The molecule has 0 bridgehead atoms. The summed E-state index contributed by atoms with van der Waals surface area (Å²) in [6, 6.07) is 13.0. The normalized spacial score (nSPS) is 12.6. The molecule has 4 heteroatoms. The fraction of sp³-hybridized carbons (Fsp3) is 0.556. The van der Waals surface area contributed by atoms with Crippen molar-refractivity contribution < 1.29 is 0 Å². The number of aromatic nitrogens is 1. The molecule has 0 saturated carbocycles. The van der Waals surface area contributed by atoms with Gasteiger partial charge in [0.1, 0.15) is 11.8 Å². The SMILES string of the molecule is CC.CCCN(CCC)c1ccc(C)cc1.Cc1cc(N2CCCCC2)cnc1C#N. The average Bonchev–Trinajstić information content (AvgIpc) is 2.82. The number of hydrogen-bond acceptors (Lipinski definition) is 4. The first-order valence-electron chi connectivity index (χ1n) is 12.0. The third-order valence-corrected chi connectivity index (χ3v) is 5.28. The van der Waals surface area contributed by atoms with Gasteiger partial charge in [-0.2, -0.15) is 5.26 Å². The van der Waals surface area contributed by atoms with Gasteiger partial charge in [-0.15, -0.1) is 0 Å². The minimum atomic E-state index is 0.538. The molecule has 0 N–H and O–H groups in total. The van der Waals surface area contributed by atoms with Crippen LogP contribution >= 0.6 is 0 Å². The number of nitrogens with zero attached hydrogens (tertiary/aromatic N) is 4. The molecule has 1 aromatic carbocycles. The van der Waals surface area contributed by atoms with E-state index in [1.807, 2.05) is 27.0 Å². The smallest absolute Gasteiger partial charge is 0.143 e. The van der Waals surface area contributed by atoms with E-state index in [0.29, 0.717) is 5.69 Å². The van der Waals surface area contributed by atoms with Crippen LogP contribution < -0.4 is 9.80 Å². The molecule has 0 radical (unpaired) electrons. The second-order valence-corrected chi connectivity index (χ2v) is 7.84. The second-order valence-electron chi connectivity index (χ2n) is 7.84. The first-order valence-corrected chi connectivity index (χ1v) is 12.0. The Hall–Kier alpha value is -2.54. The Labute approximate surface area is 190 Å². The Morgan fingerprint density at radius 1 is 0.968 bits per heavy atom. The second kappa shape index (κ2) is 15.3. The van der Waals surface area contributed by atoms with Crippen molar-refractivity contribution in [2.75, 3.05) is 36.0 Å². The first-order chi connectivity index (χ1) is 15.1. The monoisotopic (exact) mass is 422 g/mol. The van der Waals surface area contributed by atoms with E-state index in [1.165, 1.54) is 43.4 Å². The molecule has 1 saturated heterocycles. The van der Waals surface area contributed by atoms with Gasteiger partial charge in [-0.1, -0.05) is 45.4 Å². The third-order valence-electron chi connectivity index (χ3n) is 5.28. The van der Waals surface area contributed by atoms with Crippen LogP contribution in [0.2, 0.25) is 0 Å². The van der Waals surface area contributed by atoms with E-state index >= 15 is 0 Å². The third kappa shape index (κ3) is 9.00. The summed E-state index contributed by atoms with van der Waals surface area (Å²) in [6.45, 7) is 17.1. The Morgan fingerprint density at radius 2 is 1.55 bits per heavy atom. The van der Waals surface area contributed by atoms with E-state index in [4.69, 9.17) is 5.26 Å². The van der Waals surface area contributed by atoms with Crippen LogP contribution in [-0.4, -0.2) is 31.2 Å². The summed E-state index contributed by atoms with van der Waals surface area (Å²) in [7, 11) is 0. The molecular formula is C27H42N4. The van der Waals surface area contributed by atoms with Crippen molar-refractivity contribution in [1.82, 2.24) is 4.98 Å². The van der Waals surface area contributed by atoms with Crippen LogP contribution in [0.5, 0.6) is 0 Å². The van der Waals surface area contributed by atoms with Crippen molar-refractivity contribution in [3.63, 3.8) is 0 Å². The molecule has 0 amide bonds. The molecule has 170 valence electrons. The number of nitriles is 1. The van der Waals surface area contributed by atoms with Crippen LogP contribution in [0.1, 0.15) is 76.6 Å². The summed E-state index contributed by atoms with van der Waals surface area (Å²) >= 11 is 0. The summed E-state index contributed by atoms with van der Waals surface area (Å²) in [6.07, 6.45) is 8.11. The van der Waals surface area contributed by atoms with Gasteiger partial charge in [-0.3, -0.25) is 0 Å². The van der Waals surface area contributed by atoms with Gasteiger partial charge in [0.25, 0.3) is 0 Å². The van der Waals surface area contributed by atoms with Gasteiger partial charge < -0.3 is 9.80 Å². The Morgan fingerprint density at radius 3 is 2.03 bits per heavy atom. The number of aryl methyl sites for hydroxylation is 2. The average molecular weight is 423 g/mol. The lowest BCUT2D eigenvalue weighted by molar-refractivity contribution is 0.577. The maximum Gasteiger partial charge on any atom is 0.143 e. The van der Waals surface area contributed by atoms with Crippen LogP contribution in [0.4, 0.5) is 11.4 Å². The number of hydrogen-bond donors (Lipinski definition) is 0. The fourth-order valence-corrected chi connectivity index (χ4v) is 3.67. The van der Waals surface area contributed by atoms with Crippen LogP contribution in [-0.2, 0) is 0 Å². The van der Waals surface area contributed by atoms with Gasteiger partial charge in [0, 0.05) is 31.9 Å². The molecule has 0 unspecified atom stereocenters. The molecule has 31 heavy (non-hydrogen) atoms. The standard InChI is InChI=1S/C13H21N.C12H15N3.C2H6/c1-4-10-14(11-5-2)13-8-6-12(3)7-9-13;1-10-7-11(9-14-12(10)8-13)15-5-3-2-4-6-15;1-2/h6-9H,4-5,10-11H2,1-3H3;7,9H,2-6H2,1H3;1-2H3. The maximum atomic E-state index is 8.79. The molecule has 1 fully saturated rings. The molecule has 1 aliphatic heterocycles. The molecule has 2 aromatic rings. The highest BCUT2D eigenvalue weighted by Crippen LogP contribution is 2.20. The topological polar surface area (TPSA) is 43.2 Å². The molecule has 0 spiro atoms. The van der Waals surface area contributed by atoms with Crippen LogP contribution in [0.25, 0.3) is 0 Å². The molecule has 4 nitrogen and oxygen atoms in total. The minimum absolute atomic E-state index is 0.538. The highest BCUT2D eigenvalue weighted by Gasteiger charge is 2.12. The number of pyridine rings is 1. The Balaban J connectivity index is 0.000000288. The number of rotatable bonds is 6. The number of anilines is 2. The zero-order chi connectivity index (χ0) is 23.1. The molecule has 3 rings (SSSR count). The first kappa shape index (κ1) is 26.5. The Kier molecular flexibility index (Phi) is 13.1. The van der Waals surface area contributed by atoms with Gasteiger partial charge in [0.15, 0.2) is 0 Å². The summed E-state index contributed by atoms with van der Waals surface area (Å²) in [5, 5.41) is 8.79. The predicted octanol–water partition coefficient (Wildman–Crippen LogP) is 6.90. The minimum Gasteiger partial charge on any atom is -0.372 e. The van der Waals surface area contributed by atoms with E-state index in [1.54, 1.807) is 0 Å². The van der Waals surface area contributed by atoms with Gasteiger partial charge in [0.2, 0.25) is 0 Å². The maximum absolute atomic E-state index is 8.79. The molecule has 0 aliphatic carbocycles. The van der Waals surface area contributed by atoms with E-state index in [0.717, 1.165) is 37.4 Å². The van der Waals surface area contributed by atoms with Crippen molar-refractivity contribution in [1.29, 1.82) is 5.26 Å². The van der Waals surface area contributed by atoms with Crippen LogP contribution in [0.3, 0.4) is 0 Å². The van der Waals surface area contributed by atoms with Crippen molar-refractivity contribution in [3.8, 4) is 6.07 Å². The number of benzene rings is 1. The van der Waals surface area contributed by atoms with E-state index in [9.17, 15) is 0 Å². The van der Waals surface area contributed by atoms with Crippen molar-refractivity contribution in [3.05, 3.63) is 53.3 Å². The largest absolute Gasteiger partial charge is 0.372 e. The van der Waals surface area contributed by atoms with E-state index in [2.05, 4.69) is 72.0 Å².